The second-order valence-electron chi connectivity index (χ2n) is 6.17. The Morgan fingerprint density at radius 3 is 2.92 bits per heavy atom. The van der Waals surface area contributed by atoms with E-state index in [1.807, 2.05) is 6.07 Å². The van der Waals surface area contributed by atoms with Gasteiger partial charge in [0.2, 0.25) is 5.91 Å². The quantitative estimate of drug-likeness (QED) is 0.771. The van der Waals surface area contributed by atoms with Gasteiger partial charge in [-0.1, -0.05) is 12.1 Å². The van der Waals surface area contributed by atoms with Gasteiger partial charge in [-0.2, -0.15) is 0 Å². The van der Waals surface area contributed by atoms with E-state index in [4.69, 9.17) is 9.15 Å². The minimum atomic E-state index is -0.461. The average molecular weight is 346 g/mol. The van der Waals surface area contributed by atoms with Gasteiger partial charge in [-0.3, -0.25) is 14.2 Å². The van der Waals surface area contributed by atoms with Crippen molar-refractivity contribution in [2.75, 3.05) is 19.7 Å². The largest absolute Gasteiger partial charge is 0.466 e. The molecule has 0 spiro atoms. The molecule has 2 aromatic rings. The van der Waals surface area contributed by atoms with E-state index >= 15 is 0 Å². The molecule has 1 aliphatic rings. The van der Waals surface area contributed by atoms with E-state index in [1.165, 1.54) is 4.57 Å². The number of benzene rings is 1. The molecule has 1 saturated heterocycles. The van der Waals surface area contributed by atoms with E-state index in [9.17, 15) is 14.4 Å². The molecule has 25 heavy (non-hydrogen) atoms. The smallest absolute Gasteiger partial charge is 0.419 e. The number of esters is 1. The van der Waals surface area contributed by atoms with Gasteiger partial charge in [-0.15, -0.1) is 0 Å². The average Bonchev–Trinajstić information content (AvgIpc) is 2.95. The number of rotatable bonds is 5. The summed E-state index contributed by atoms with van der Waals surface area (Å²) in [7, 11) is 0. The molecule has 2 heterocycles. The van der Waals surface area contributed by atoms with Gasteiger partial charge in [0.05, 0.1) is 18.0 Å². The second-order valence-corrected chi connectivity index (χ2v) is 6.17. The first-order chi connectivity index (χ1) is 12.1. The lowest BCUT2D eigenvalue weighted by Crippen LogP contribution is -2.43. The third-order valence-corrected chi connectivity index (χ3v) is 4.52. The van der Waals surface area contributed by atoms with Gasteiger partial charge in [0.15, 0.2) is 5.58 Å². The highest BCUT2D eigenvalue weighted by Gasteiger charge is 2.29. The number of ether oxygens (including phenoxy) is 1. The summed E-state index contributed by atoms with van der Waals surface area (Å²) in [6.07, 6.45) is 1.72. The summed E-state index contributed by atoms with van der Waals surface area (Å²) < 4.78 is 11.7. The lowest BCUT2D eigenvalue weighted by Gasteiger charge is -2.31. The second kappa shape index (κ2) is 7.55. The number of aromatic nitrogens is 1. The molecule has 1 aromatic carbocycles. The number of likely N-dealkylation sites (tertiary alicyclic amines) is 1. The predicted molar refractivity (Wildman–Crippen MR) is 91.0 cm³/mol. The van der Waals surface area contributed by atoms with Crippen molar-refractivity contribution >= 4 is 23.0 Å². The number of piperidine rings is 1. The molecule has 1 unspecified atom stereocenters. The molecule has 7 nitrogen and oxygen atoms in total. The number of oxazole rings is 1. The topological polar surface area (TPSA) is 81.8 Å². The van der Waals surface area contributed by atoms with Crippen LogP contribution < -0.4 is 5.76 Å². The zero-order valence-corrected chi connectivity index (χ0v) is 14.3. The van der Waals surface area contributed by atoms with Gasteiger partial charge < -0.3 is 14.1 Å². The van der Waals surface area contributed by atoms with Crippen LogP contribution >= 0.6 is 0 Å². The number of amides is 1. The number of carbonyl (C=O) groups excluding carboxylic acids is 2. The van der Waals surface area contributed by atoms with Crippen molar-refractivity contribution in [2.45, 2.75) is 32.7 Å². The zero-order chi connectivity index (χ0) is 17.8. The minimum Gasteiger partial charge on any atom is -0.466 e. The summed E-state index contributed by atoms with van der Waals surface area (Å²) in [5, 5.41) is 0. The molecule has 3 rings (SSSR count). The molecule has 7 heteroatoms. The number of fused-ring (bicyclic) bond motifs is 1. The maximum atomic E-state index is 12.5. The van der Waals surface area contributed by atoms with Crippen LogP contribution in [0.2, 0.25) is 0 Å². The van der Waals surface area contributed by atoms with Crippen LogP contribution in [0.1, 0.15) is 26.2 Å². The van der Waals surface area contributed by atoms with E-state index in [0.29, 0.717) is 30.8 Å². The van der Waals surface area contributed by atoms with Crippen molar-refractivity contribution in [2.24, 2.45) is 5.92 Å². The van der Waals surface area contributed by atoms with Gasteiger partial charge in [0.25, 0.3) is 0 Å². The molecule has 134 valence electrons. The van der Waals surface area contributed by atoms with E-state index in [0.717, 1.165) is 12.8 Å². The molecule has 0 N–H and O–H groups in total. The summed E-state index contributed by atoms with van der Waals surface area (Å²) in [6, 6.07) is 7.14. The van der Waals surface area contributed by atoms with Crippen molar-refractivity contribution in [1.29, 1.82) is 0 Å². The SMILES string of the molecule is CCOC(=O)C1CCCN(C(=O)CCn2c(=O)oc3ccccc32)C1. The molecule has 1 aliphatic heterocycles. The van der Waals surface area contributed by atoms with Crippen molar-refractivity contribution < 1.29 is 18.7 Å². The van der Waals surface area contributed by atoms with Crippen LogP contribution in [0.25, 0.3) is 11.1 Å². The molecule has 0 aliphatic carbocycles. The number of nitrogens with zero attached hydrogens (tertiary/aromatic N) is 2. The maximum absolute atomic E-state index is 12.5. The van der Waals surface area contributed by atoms with Gasteiger partial charge in [-0.05, 0) is 31.9 Å². The number of hydrogen-bond acceptors (Lipinski definition) is 5. The minimum absolute atomic E-state index is 0.0637. The van der Waals surface area contributed by atoms with Gasteiger partial charge in [0.1, 0.15) is 0 Å². The molecular weight excluding hydrogens is 324 g/mol. The van der Waals surface area contributed by atoms with Crippen LogP contribution in [0.15, 0.2) is 33.5 Å². The number of para-hydroxylation sites is 2. The fourth-order valence-electron chi connectivity index (χ4n) is 3.25. The van der Waals surface area contributed by atoms with E-state index in [1.54, 1.807) is 30.0 Å². The lowest BCUT2D eigenvalue weighted by atomic mass is 9.98. The summed E-state index contributed by atoms with van der Waals surface area (Å²) >= 11 is 0. The summed E-state index contributed by atoms with van der Waals surface area (Å²) in [5.41, 5.74) is 1.20. The monoisotopic (exact) mass is 346 g/mol. The zero-order valence-electron chi connectivity index (χ0n) is 14.3. The first-order valence-corrected chi connectivity index (χ1v) is 8.63. The van der Waals surface area contributed by atoms with Crippen LogP contribution in [0.4, 0.5) is 0 Å². The van der Waals surface area contributed by atoms with Gasteiger partial charge >= 0.3 is 11.7 Å². The molecule has 1 aromatic heterocycles. The lowest BCUT2D eigenvalue weighted by molar-refractivity contribution is -0.151. The van der Waals surface area contributed by atoms with E-state index < -0.39 is 5.76 Å². The van der Waals surface area contributed by atoms with Crippen LogP contribution in [-0.4, -0.2) is 41.0 Å². The highest BCUT2D eigenvalue weighted by atomic mass is 16.5. The molecule has 0 bridgehead atoms. The Hall–Kier alpha value is -2.57. The third-order valence-electron chi connectivity index (χ3n) is 4.52. The molecule has 1 amide bonds. The maximum Gasteiger partial charge on any atom is 0.419 e. The summed E-state index contributed by atoms with van der Waals surface area (Å²) in [5.74, 6) is -1.02. The predicted octanol–water partition coefficient (Wildman–Crippen LogP) is 1.79. The van der Waals surface area contributed by atoms with Crippen molar-refractivity contribution in [1.82, 2.24) is 9.47 Å². The van der Waals surface area contributed by atoms with Crippen LogP contribution in [-0.2, 0) is 20.9 Å². The molecular formula is C18H22N2O5. The van der Waals surface area contributed by atoms with Gasteiger partial charge in [-0.25, -0.2) is 4.79 Å². The number of hydrogen-bond donors (Lipinski definition) is 0. The van der Waals surface area contributed by atoms with Crippen LogP contribution in [0, 0.1) is 5.92 Å². The molecule has 1 atom stereocenters. The molecule has 0 saturated carbocycles. The Bertz CT molecular complexity index is 822. The highest BCUT2D eigenvalue weighted by molar-refractivity contribution is 5.79. The standard InChI is InChI=1S/C18H22N2O5/c1-2-24-17(22)13-6-5-10-19(12-13)16(21)9-11-20-14-7-3-4-8-15(14)25-18(20)23/h3-4,7-8,13H,2,5-6,9-12H2,1H3. The van der Waals surface area contributed by atoms with Crippen molar-refractivity contribution in [3.8, 4) is 0 Å². The highest BCUT2D eigenvalue weighted by Crippen LogP contribution is 2.19. The fraction of sp³-hybridized carbons (Fsp3) is 0.500. The number of aryl methyl sites for hydroxylation is 1. The molecule has 0 radical (unpaired) electrons. The summed E-state index contributed by atoms with van der Waals surface area (Å²) in [4.78, 5) is 38.0. The van der Waals surface area contributed by atoms with Crippen molar-refractivity contribution in [3.63, 3.8) is 0 Å². The Labute approximate surface area is 145 Å². The first kappa shape index (κ1) is 17.3. The Balaban J connectivity index is 1.63. The third kappa shape index (κ3) is 3.75. The number of carbonyl (C=O) groups is 2. The fourth-order valence-corrected chi connectivity index (χ4v) is 3.25. The Morgan fingerprint density at radius 1 is 1.32 bits per heavy atom. The Kier molecular flexibility index (Phi) is 5.21. The van der Waals surface area contributed by atoms with Gasteiger partial charge in [0, 0.05) is 26.1 Å². The van der Waals surface area contributed by atoms with Crippen molar-refractivity contribution in [3.05, 3.63) is 34.8 Å². The summed E-state index contributed by atoms with van der Waals surface area (Å²) in [6.45, 7) is 3.40. The molecule has 1 fully saturated rings. The Morgan fingerprint density at radius 2 is 2.12 bits per heavy atom. The van der Waals surface area contributed by atoms with E-state index in [2.05, 4.69) is 0 Å². The first-order valence-electron chi connectivity index (χ1n) is 8.63. The van der Waals surface area contributed by atoms with Crippen LogP contribution in [0.3, 0.4) is 0 Å². The van der Waals surface area contributed by atoms with E-state index in [-0.39, 0.29) is 30.8 Å². The normalized spacial score (nSPS) is 17.6. The van der Waals surface area contributed by atoms with Crippen LogP contribution in [0.5, 0.6) is 0 Å².